The van der Waals surface area contributed by atoms with Gasteiger partial charge in [-0.15, -0.1) is 0 Å². The molecule has 0 saturated heterocycles. The van der Waals surface area contributed by atoms with Crippen LogP contribution in [-0.2, 0) is 11.3 Å². The van der Waals surface area contributed by atoms with Crippen molar-refractivity contribution in [1.29, 1.82) is 0 Å². The van der Waals surface area contributed by atoms with Gasteiger partial charge in [0, 0.05) is 18.6 Å². The molecule has 4 nitrogen and oxygen atoms in total. The molecule has 2 N–H and O–H groups in total. The van der Waals surface area contributed by atoms with Gasteiger partial charge in [0.1, 0.15) is 5.60 Å². The summed E-state index contributed by atoms with van der Waals surface area (Å²) in [5.74, 6) is 0. The molecular formula is C17H28N2O2S. The van der Waals surface area contributed by atoms with Crippen molar-refractivity contribution in [2.45, 2.75) is 77.1 Å². The number of hydrogen-bond acceptors (Lipinski definition) is 4. The first-order valence-corrected chi connectivity index (χ1v) is 9.12. The molecule has 1 aliphatic rings. The quantitative estimate of drug-likeness (QED) is 0.821. The summed E-state index contributed by atoms with van der Waals surface area (Å²) in [5.41, 5.74) is 0.860. The highest BCUT2D eigenvalue weighted by atomic mass is 32.1. The Kier molecular flexibility index (Phi) is 6.26. The lowest BCUT2D eigenvalue weighted by molar-refractivity contribution is 0.0489. The molecule has 124 valence electrons. The van der Waals surface area contributed by atoms with Gasteiger partial charge in [-0.25, -0.2) is 4.79 Å². The Morgan fingerprint density at radius 1 is 1.27 bits per heavy atom. The molecule has 1 heterocycles. The fraction of sp³-hybridized carbons (Fsp3) is 0.706. The number of alkyl carbamates (subject to hydrolysis) is 1. The summed E-state index contributed by atoms with van der Waals surface area (Å²) in [6, 6.07) is 2.61. The van der Waals surface area contributed by atoms with Crippen molar-refractivity contribution in [3.05, 3.63) is 22.4 Å². The lowest BCUT2D eigenvalue weighted by Crippen LogP contribution is -2.50. The summed E-state index contributed by atoms with van der Waals surface area (Å²) in [5, 5.41) is 11.0. The zero-order chi connectivity index (χ0) is 16.0. The second-order valence-electron chi connectivity index (χ2n) is 7.01. The third kappa shape index (κ3) is 5.97. The van der Waals surface area contributed by atoms with E-state index in [-0.39, 0.29) is 12.1 Å². The zero-order valence-electron chi connectivity index (χ0n) is 13.9. The topological polar surface area (TPSA) is 50.4 Å². The summed E-state index contributed by atoms with van der Waals surface area (Å²) in [6.07, 6.45) is 5.43. The average Bonchev–Trinajstić information content (AvgIpc) is 2.83. The van der Waals surface area contributed by atoms with Crippen LogP contribution < -0.4 is 10.6 Å². The summed E-state index contributed by atoms with van der Waals surface area (Å²) >= 11 is 1.72. The molecule has 5 heteroatoms. The van der Waals surface area contributed by atoms with Gasteiger partial charge in [0.2, 0.25) is 0 Å². The minimum Gasteiger partial charge on any atom is -0.444 e. The average molecular weight is 324 g/mol. The highest BCUT2D eigenvalue weighted by Gasteiger charge is 2.26. The van der Waals surface area contributed by atoms with Crippen LogP contribution in [0.1, 0.15) is 58.4 Å². The summed E-state index contributed by atoms with van der Waals surface area (Å²) < 4.78 is 5.40. The Balaban J connectivity index is 1.90. The number of amides is 1. The molecule has 1 aromatic rings. The number of hydrogen-bond donors (Lipinski definition) is 2. The third-order valence-corrected chi connectivity index (χ3v) is 4.60. The van der Waals surface area contributed by atoms with Gasteiger partial charge in [-0.05, 0) is 56.0 Å². The van der Waals surface area contributed by atoms with E-state index in [1.165, 1.54) is 18.4 Å². The first-order chi connectivity index (χ1) is 10.4. The molecule has 0 aromatic carbocycles. The summed E-state index contributed by atoms with van der Waals surface area (Å²) in [4.78, 5) is 12.1. The van der Waals surface area contributed by atoms with Gasteiger partial charge in [-0.1, -0.05) is 19.3 Å². The molecule has 22 heavy (non-hydrogen) atoms. The monoisotopic (exact) mass is 324 g/mol. The van der Waals surface area contributed by atoms with E-state index in [0.29, 0.717) is 6.04 Å². The van der Waals surface area contributed by atoms with Gasteiger partial charge >= 0.3 is 6.09 Å². The van der Waals surface area contributed by atoms with Crippen LogP contribution in [0.15, 0.2) is 16.8 Å². The minimum absolute atomic E-state index is 0.149. The van der Waals surface area contributed by atoms with Crippen LogP contribution in [0.5, 0.6) is 0 Å². The maximum absolute atomic E-state index is 12.1. The van der Waals surface area contributed by atoms with Crippen LogP contribution in [0.2, 0.25) is 0 Å². The predicted molar refractivity (Wildman–Crippen MR) is 91.2 cm³/mol. The molecule has 2 rings (SSSR count). The number of rotatable bonds is 4. The molecule has 0 radical (unpaired) electrons. The molecule has 1 saturated carbocycles. The second-order valence-corrected chi connectivity index (χ2v) is 7.79. The Labute approximate surface area is 137 Å². The van der Waals surface area contributed by atoms with Crippen LogP contribution >= 0.6 is 11.3 Å². The SMILES string of the molecule is CC(C)(C)OC(=O)NC1CCCCCC1NCc1ccsc1. The molecule has 0 bridgehead atoms. The first-order valence-electron chi connectivity index (χ1n) is 8.18. The van der Waals surface area contributed by atoms with Crippen molar-refractivity contribution in [3.63, 3.8) is 0 Å². The van der Waals surface area contributed by atoms with E-state index in [0.717, 1.165) is 25.8 Å². The maximum atomic E-state index is 12.1. The highest BCUT2D eigenvalue weighted by molar-refractivity contribution is 7.07. The molecular weight excluding hydrogens is 296 g/mol. The van der Waals surface area contributed by atoms with E-state index in [1.807, 2.05) is 20.8 Å². The molecule has 1 aliphatic carbocycles. The van der Waals surface area contributed by atoms with Gasteiger partial charge in [0.15, 0.2) is 0 Å². The number of carbonyl (C=O) groups is 1. The molecule has 0 aliphatic heterocycles. The number of ether oxygens (including phenoxy) is 1. The van der Waals surface area contributed by atoms with Crippen LogP contribution in [0, 0.1) is 0 Å². The normalized spacial score (nSPS) is 22.9. The molecule has 2 atom stereocenters. The van der Waals surface area contributed by atoms with Gasteiger partial charge in [-0.3, -0.25) is 0 Å². The van der Waals surface area contributed by atoms with E-state index in [9.17, 15) is 4.79 Å². The van der Waals surface area contributed by atoms with E-state index in [1.54, 1.807) is 11.3 Å². The van der Waals surface area contributed by atoms with Crippen molar-refractivity contribution >= 4 is 17.4 Å². The fourth-order valence-electron chi connectivity index (χ4n) is 2.83. The third-order valence-electron chi connectivity index (χ3n) is 3.87. The molecule has 0 spiro atoms. The van der Waals surface area contributed by atoms with Gasteiger partial charge in [-0.2, -0.15) is 11.3 Å². The van der Waals surface area contributed by atoms with E-state index < -0.39 is 5.60 Å². The predicted octanol–water partition coefficient (Wildman–Crippen LogP) is 4.06. The van der Waals surface area contributed by atoms with Crippen LogP contribution in [-0.4, -0.2) is 23.8 Å². The van der Waals surface area contributed by atoms with Crippen LogP contribution in [0.25, 0.3) is 0 Å². The Bertz CT molecular complexity index is 454. The van der Waals surface area contributed by atoms with Crippen molar-refractivity contribution in [2.24, 2.45) is 0 Å². The Morgan fingerprint density at radius 3 is 2.64 bits per heavy atom. The Morgan fingerprint density at radius 2 is 2.00 bits per heavy atom. The maximum Gasteiger partial charge on any atom is 0.407 e. The first kappa shape index (κ1) is 17.3. The smallest absolute Gasteiger partial charge is 0.407 e. The lowest BCUT2D eigenvalue weighted by atomic mass is 10.0. The Hall–Kier alpha value is -1.07. The molecule has 2 unspecified atom stereocenters. The second kappa shape index (κ2) is 7.97. The van der Waals surface area contributed by atoms with Crippen molar-refractivity contribution < 1.29 is 9.53 Å². The van der Waals surface area contributed by atoms with E-state index in [2.05, 4.69) is 27.5 Å². The van der Waals surface area contributed by atoms with E-state index in [4.69, 9.17) is 4.74 Å². The largest absolute Gasteiger partial charge is 0.444 e. The fourth-order valence-corrected chi connectivity index (χ4v) is 3.49. The van der Waals surface area contributed by atoms with Crippen LogP contribution in [0.4, 0.5) is 4.79 Å². The number of carbonyl (C=O) groups excluding carboxylic acids is 1. The van der Waals surface area contributed by atoms with Crippen LogP contribution in [0.3, 0.4) is 0 Å². The highest BCUT2D eigenvalue weighted by Crippen LogP contribution is 2.20. The van der Waals surface area contributed by atoms with Gasteiger partial charge in [0.25, 0.3) is 0 Å². The van der Waals surface area contributed by atoms with Crippen molar-refractivity contribution in [1.82, 2.24) is 10.6 Å². The minimum atomic E-state index is -0.450. The number of thiophene rings is 1. The molecule has 1 aromatic heterocycles. The van der Waals surface area contributed by atoms with Gasteiger partial charge < -0.3 is 15.4 Å². The van der Waals surface area contributed by atoms with E-state index >= 15 is 0 Å². The molecule has 1 fully saturated rings. The standard InChI is InChI=1S/C17H28N2O2S/c1-17(2,3)21-16(20)19-15-8-6-4-5-7-14(15)18-11-13-9-10-22-12-13/h9-10,12,14-15,18H,4-8,11H2,1-3H3,(H,19,20). The van der Waals surface area contributed by atoms with Crippen molar-refractivity contribution in [3.8, 4) is 0 Å². The summed E-state index contributed by atoms with van der Waals surface area (Å²) in [7, 11) is 0. The molecule has 1 amide bonds. The van der Waals surface area contributed by atoms with Crippen molar-refractivity contribution in [2.75, 3.05) is 0 Å². The lowest BCUT2D eigenvalue weighted by Gasteiger charge is -2.28. The number of nitrogens with one attached hydrogen (secondary N) is 2. The zero-order valence-corrected chi connectivity index (χ0v) is 14.7. The summed E-state index contributed by atoms with van der Waals surface area (Å²) in [6.45, 7) is 6.55. The van der Waals surface area contributed by atoms with Gasteiger partial charge in [0.05, 0.1) is 0 Å².